The molecule has 0 aromatic heterocycles. The Kier molecular flexibility index (Phi) is 7.38. The van der Waals surface area contributed by atoms with Gasteiger partial charge in [0, 0.05) is 23.2 Å². The second-order valence-corrected chi connectivity index (χ2v) is 7.64. The Morgan fingerprint density at radius 3 is 2.08 bits per heavy atom. The molecular weight excluding hydrogens is 322 g/mol. The summed E-state index contributed by atoms with van der Waals surface area (Å²) in [4.78, 5) is 25.1. The summed E-state index contributed by atoms with van der Waals surface area (Å²) < 4.78 is 16.2. The molecule has 1 fully saturated rings. The molecule has 1 unspecified atom stereocenters. The van der Waals surface area contributed by atoms with Crippen molar-refractivity contribution in [2.24, 2.45) is 0 Å². The van der Waals surface area contributed by atoms with Crippen LogP contribution in [0.4, 0.5) is 0 Å². The molecule has 1 saturated heterocycles. The lowest BCUT2D eigenvalue weighted by Gasteiger charge is -2.53. The second-order valence-electron chi connectivity index (χ2n) is 7.64. The smallest absolute Gasteiger partial charge is 0.330 e. The minimum absolute atomic E-state index is 0.00495. The van der Waals surface area contributed by atoms with Gasteiger partial charge in [-0.3, -0.25) is 4.90 Å². The summed E-state index contributed by atoms with van der Waals surface area (Å²) in [5, 5.41) is 0. The lowest BCUT2D eigenvalue weighted by molar-refractivity contribution is -0.161. The van der Waals surface area contributed by atoms with Gasteiger partial charge in [0.05, 0.1) is 12.7 Å². The van der Waals surface area contributed by atoms with Crippen molar-refractivity contribution in [3.63, 3.8) is 0 Å². The van der Waals surface area contributed by atoms with E-state index < -0.39 is 18.0 Å². The number of hydrogen-bond acceptors (Lipinski definition) is 6. The van der Waals surface area contributed by atoms with E-state index in [0.29, 0.717) is 0 Å². The maximum Gasteiger partial charge on any atom is 0.330 e. The van der Waals surface area contributed by atoms with Crippen molar-refractivity contribution in [1.29, 1.82) is 0 Å². The first-order valence-corrected chi connectivity index (χ1v) is 8.49. The number of nitrogens with zero attached hydrogens (tertiary/aromatic N) is 1. The van der Waals surface area contributed by atoms with Crippen LogP contribution in [0.5, 0.6) is 0 Å². The van der Waals surface area contributed by atoms with E-state index in [1.54, 1.807) is 0 Å². The van der Waals surface area contributed by atoms with Crippen molar-refractivity contribution >= 4 is 11.9 Å². The fourth-order valence-corrected chi connectivity index (χ4v) is 3.20. The van der Waals surface area contributed by atoms with E-state index in [4.69, 9.17) is 14.2 Å². The van der Waals surface area contributed by atoms with Gasteiger partial charge in [-0.25, -0.2) is 9.59 Å². The van der Waals surface area contributed by atoms with Crippen molar-refractivity contribution in [3.05, 3.63) is 25.3 Å². The molecule has 6 heteroatoms. The summed E-state index contributed by atoms with van der Waals surface area (Å²) in [6.45, 7) is 15.5. The minimum Gasteiger partial charge on any atom is -0.458 e. The Bertz CT molecular complexity index is 494. The van der Waals surface area contributed by atoms with E-state index in [0.717, 1.165) is 25.0 Å². The molecule has 0 aromatic rings. The average Bonchev–Trinajstić information content (AvgIpc) is 2.53. The molecule has 25 heavy (non-hydrogen) atoms. The monoisotopic (exact) mass is 353 g/mol. The van der Waals surface area contributed by atoms with Gasteiger partial charge >= 0.3 is 11.9 Å². The molecule has 0 spiro atoms. The Morgan fingerprint density at radius 1 is 1.08 bits per heavy atom. The molecule has 0 aliphatic carbocycles. The zero-order valence-corrected chi connectivity index (χ0v) is 16.0. The van der Waals surface area contributed by atoms with Gasteiger partial charge in [-0.05, 0) is 47.6 Å². The van der Waals surface area contributed by atoms with E-state index in [1.165, 1.54) is 0 Å². The lowest BCUT2D eigenvalue weighted by atomic mass is 9.79. The molecule has 0 N–H and O–H groups in total. The van der Waals surface area contributed by atoms with E-state index in [-0.39, 0.29) is 30.4 Å². The number of ether oxygens (including phenoxy) is 3. The highest BCUT2D eigenvalue weighted by molar-refractivity contribution is 5.82. The first kappa shape index (κ1) is 21.4. The molecule has 0 amide bonds. The molecule has 0 bridgehead atoms. The molecule has 1 heterocycles. The molecule has 1 atom stereocenters. The van der Waals surface area contributed by atoms with Gasteiger partial charge in [0.25, 0.3) is 0 Å². The Balaban J connectivity index is 2.67. The number of carbonyl (C=O) groups excluding carboxylic acids is 2. The van der Waals surface area contributed by atoms with Crippen LogP contribution in [-0.4, -0.2) is 60.4 Å². The summed E-state index contributed by atoms with van der Waals surface area (Å²) in [5.74, 6) is -1.14. The summed E-state index contributed by atoms with van der Waals surface area (Å²) in [6, 6.07) is 0. The van der Waals surface area contributed by atoms with Crippen LogP contribution in [0.15, 0.2) is 25.3 Å². The van der Waals surface area contributed by atoms with Gasteiger partial charge in [0.15, 0.2) is 6.10 Å². The molecule has 0 saturated carbocycles. The van der Waals surface area contributed by atoms with Crippen molar-refractivity contribution in [3.8, 4) is 0 Å². The fourth-order valence-electron chi connectivity index (χ4n) is 3.20. The van der Waals surface area contributed by atoms with Gasteiger partial charge in [-0.2, -0.15) is 0 Å². The molecule has 6 nitrogen and oxygen atoms in total. The van der Waals surface area contributed by atoms with Crippen LogP contribution in [0.25, 0.3) is 0 Å². The van der Waals surface area contributed by atoms with Gasteiger partial charge in [0.1, 0.15) is 6.61 Å². The largest absolute Gasteiger partial charge is 0.458 e. The summed E-state index contributed by atoms with van der Waals surface area (Å²) in [7, 11) is 2.12. The second kappa shape index (κ2) is 8.63. The van der Waals surface area contributed by atoms with Crippen LogP contribution in [0, 0.1) is 0 Å². The van der Waals surface area contributed by atoms with E-state index >= 15 is 0 Å². The van der Waals surface area contributed by atoms with Crippen LogP contribution in [0.2, 0.25) is 0 Å². The van der Waals surface area contributed by atoms with Gasteiger partial charge in [-0.1, -0.05) is 13.2 Å². The maximum atomic E-state index is 11.5. The standard InChI is InChI=1S/C19H31NO5/c1-8-16(21)24-13-15(25-17(22)9-2)12-23-14-10-18(3,4)20(7)19(5,6)11-14/h8-9,14-15H,1-2,10-13H2,3-7H3. The summed E-state index contributed by atoms with van der Waals surface area (Å²) in [6.07, 6.45) is 3.21. The molecule has 142 valence electrons. The third-order valence-electron chi connectivity index (χ3n) is 4.82. The van der Waals surface area contributed by atoms with Crippen LogP contribution < -0.4 is 0 Å². The average molecular weight is 353 g/mol. The van der Waals surface area contributed by atoms with Crippen molar-refractivity contribution in [2.75, 3.05) is 20.3 Å². The predicted molar refractivity (Wildman–Crippen MR) is 96.1 cm³/mol. The predicted octanol–water partition coefficient (Wildman–Crippen LogP) is 2.48. The highest BCUT2D eigenvalue weighted by Gasteiger charge is 2.43. The van der Waals surface area contributed by atoms with Crippen LogP contribution in [0.3, 0.4) is 0 Å². The normalized spacial score (nSPS) is 21.2. The number of piperidine rings is 1. The topological polar surface area (TPSA) is 65.1 Å². The first-order valence-electron chi connectivity index (χ1n) is 8.49. The van der Waals surface area contributed by atoms with Crippen LogP contribution in [0.1, 0.15) is 40.5 Å². The molecule has 0 radical (unpaired) electrons. The van der Waals surface area contributed by atoms with E-state index in [2.05, 4.69) is 52.8 Å². The summed E-state index contributed by atoms with van der Waals surface area (Å²) >= 11 is 0. The zero-order chi connectivity index (χ0) is 19.3. The van der Waals surface area contributed by atoms with Gasteiger partial charge < -0.3 is 14.2 Å². The van der Waals surface area contributed by atoms with Crippen molar-refractivity contribution in [1.82, 2.24) is 4.90 Å². The van der Waals surface area contributed by atoms with Gasteiger partial charge in [-0.15, -0.1) is 0 Å². The van der Waals surface area contributed by atoms with Gasteiger partial charge in [0.2, 0.25) is 0 Å². The van der Waals surface area contributed by atoms with E-state index in [9.17, 15) is 9.59 Å². The lowest BCUT2D eigenvalue weighted by Crippen LogP contribution is -2.60. The Hall–Kier alpha value is -1.66. The molecule has 1 rings (SSSR count). The van der Waals surface area contributed by atoms with Crippen LogP contribution >= 0.6 is 0 Å². The van der Waals surface area contributed by atoms with Crippen LogP contribution in [-0.2, 0) is 23.8 Å². The third-order valence-corrected chi connectivity index (χ3v) is 4.82. The van der Waals surface area contributed by atoms with E-state index in [1.807, 2.05) is 0 Å². The number of carbonyl (C=O) groups is 2. The van der Waals surface area contributed by atoms with Crippen molar-refractivity contribution < 1.29 is 23.8 Å². The summed E-state index contributed by atoms with van der Waals surface area (Å²) in [5.41, 5.74) is -0.00990. The molecule has 1 aliphatic rings. The highest BCUT2D eigenvalue weighted by atomic mass is 16.6. The first-order chi connectivity index (χ1) is 11.5. The number of hydrogen-bond donors (Lipinski definition) is 0. The maximum absolute atomic E-state index is 11.5. The quantitative estimate of drug-likeness (QED) is 0.493. The minimum atomic E-state index is -0.680. The zero-order valence-electron chi connectivity index (χ0n) is 16.0. The number of likely N-dealkylation sites (tertiary alicyclic amines) is 1. The number of esters is 2. The Labute approximate surface area is 150 Å². The SMILES string of the molecule is C=CC(=O)OCC(COC1CC(C)(C)N(C)C(C)(C)C1)OC(=O)C=C. The third kappa shape index (κ3) is 6.29. The van der Waals surface area contributed by atoms with Crippen molar-refractivity contribution in [2.45, 2.75) is 63.8 Å². The fraction of sp³-hybridized carbons (Fsp3) is 0.684. The number of rotatable bonds is 8. The molecule has 1 aliphatic heterocycles. The molecule has 0 aromatic carbocycles. The Morgan fingerprint density at radius 2 is 1.60 bits per heavy atom. The molecular formula is C19H31NO5. The highest BCUT2D eigenvalue weighted by Crippen LogP contribution is 2.38.